The van der Waals surface area contributed by atoms with Crippen molar-refractivity contribution in [2.24, 2.45) is 7.05 Å². The van der Waals surface area contributed by atoms with E-state index in [-0.39, 0.29) is 11.8 Å². The Balaban J connectivity index is 1.43. The third kappa shape index (κ3) is 2.92. The molecule has 2 amide bonds. The zero-order valence-corrected chi connectivity index (χ0v) is 14.5. The molecule has 26 heavy (non-hydrogen) atoms. The number of aryl methyl sites for hydroxylation is 1. The van der Waals surface area contributed by atoms with Crippen LogP contribution in [0.15, 0.2) is 49.1 Å². The maximum absolute atomic E-state index is 12.8. The first kappa shape index (κ1) is 16.3. The molecule has 0 radical (unpaired) electrons. The number of rotatable bonds is 2. The summed E-state index contributed by atoms with van der Waals surface area (Å²) in [5.41, 5.74) is 3.06. The minimum Gasteiger partial charge on any atom is -0.335 e. The fourth-order valence-corrected chi connectivity index (χ4v) is 3.24. The summed E-state index contributed by atoms with van der Waals surface area (Å²) in [5.74, 6) is -0.0389. The molecule has 1 aliphatic rings. The van der Waals surface area contributed by atoms with Gasteiger partial charge in [-0.2, -0.15) is 0 Å². The lowest BCUT2D eigenvalue weighted by atomic mass is 10.1. The number of amides is 2. The Bertz CT molecular complexity index is 958. The smallest absolute Gasteiger partial charge is 0.254 e. The lowest BCUT2D eigenvalue weighted by Crippen LogP contribution is -2.50. The van der Waals surface area contributed by atoms with Gasteiger partial charge in [0.15, 0.2) is 0 Å². The molecule has 4 rings (SSSR count). The number of nitrogens with zero attached hydrogens (tertiary/aromatic N) is 5. The summed E-state index contributed by atoms with van der Waals surface area (Å²) < 4.78 is 1.92. The predicted molar refractivity (Wildman–Crippen MR) is 96.8 cm³/mol. The number of imidazole rings is 1. The van der Waals surface area contributed by atoms with Gasteiger partial charge >= 0.3 is 0 Å². The molecule has 3 aromatic rings. The molecule has 3 heterocycles. The van der Waals surface area contributed by atoms with Crippen LogP contribution in [0.5, 0.6) is 0 Å². The standard InChI is InChI=1S/C19H19N5O2/c1-22-13-21-16-12-15(2-3-17(16)22)19(26)24-10-8-23(9-11-24)18(25)14-4-6-20-7-5-14/h2-7,12-13H,8-11H2,1H3. The molecule has 7 nitrogen and oxygen atoms in total. The fraction of sp³-hybridized carbons (Fsp3) is 0.263. The maximum atomic E-state index is 12.8. The van der Waals surface area contributed by atoms with Gasteiger partial charge in [-0.25, -0.2) is 4.98 Å². The molecule has 1 aromatic carbocycles. The lowest BCUT2D eigenvalue weighted by Gasteiger charge is -2.34. The van der Waals surface area contributed by atoms with Crippen molar-refractivity contribution in [3.63, 3.8) is 0 Å². The number of carbonyl (C=O) groups excluding carboxylic acids is 2. The summed E-state index contributed by atoms with van der Waals surface area (Å²) in [7, 11) is 1.93. The first-order valence-corrected chi connectivity index (χ1v) is 8.53. The van der Waals surface area contributed by atoms with Gasteiger partial charge in [0.2, 0.25) is 0 Å². The van der Waals surface area contributed by atoms with Gasteiger partial charge in [-0.05, 0) is 30.3 Å². The van der Waals surface area contributed by atoms with Gasteiger partial charge < -0.3 is 14.4 Å². The highest BCUT2D eigenvalue weighted by atomic mass is 16.2. The molecule has 0 saturated carbocycles. The summed E-state index contributed by atoms with van der Waals surface area (Å²) in [6, 6.07) is 9.00. The van der Waals surface area contributed by atoms with Crippen molar-refractivity contribution in [2.75, 3.05) is 26.2 Å². The van der Waals surface area contributed by atoms with Gasteiger partial charge in [0, 0.05) is 56.7 Å². The van der Waals surface area contributed by atoms with Gasteiger partial charge in [-0.3, -0.25) is 14.6 Å². The fourth-order valence-electron chi connectivity index (χ4n) is 3.24. The Hall–Kier alpha value is -3.22. The zero-order chi connectivity index (χ0) is 18.1. The van der Waals surface area contributed by atoms with Gasteiger partial charge in [-0.15, -0.1) is 0 Å². The first-order valence-electron chi connectivity index (χ1n) is 8.53. The lowest BCUT2D eigenvalue weighted by molar-refractivity contribution is 0.0535. The van der Waals surface area contributed by atoms with E-state index in [1.807, 2.05) is 29.8 Å². The van der Waals surface area contributed by atoms with Crippen LogP contribution in [0.2, 0.25) is 0 Å². The van der Waals surface area contributed by atoms with E-state index >= 15 is 0 Å². The molecule has 1 fully saturated rings. The van der Waals surface area contributed by atoms with E-state index in [2.05, 4.69) is 9.97 Å². The molecule has 7 heteroatoms. The molecule has 2 aromatic heterocycles. The number of benzene rings is 1. The second-order valence-electron chi connectivity index (χ2n) is 6.38. The number of hydrogen-bond acceptors (Lipinski definition) is 4. The number of fused-ring (bicyclic) bond motifs is 1. The Morgan fingerprint density at radius 1 is 0.885 bits per heavy atom. The molecular weight excluding hydrogens is 330 g/mol. The predicted octanol–water partition coefficient (Wildman–Crippen LogP) is 1.57. The van der Waals surface area contributed by atoms with Crippen molar-refractivity contribution in [3.8, 4) is 0 Å². The number of aromatic nitrogens is 3. The van der Waals surface area contributed by atoms with Crippen molar-refractivity contribution < 1.29 is 9.59 Å². The average Bonchev–Trinajstić information content (AvgIpc) is 3.08. The molecule has 0 atom stereocenters. The minimum atomic E-state index is -0.0198. The third-order valence-electron chi connectivity index (χ3n) is 4.75. The largest absolute Gasteiger partial charge is 0.335 e. The number of hydrogen-bond donors (Lipinski definition) is 0. The molecule has 0 unspecified atom stereocenters. The Morgan fingerprint density at radius 2 is 1.50 bits per heavy atom. The van der Waals surface area contributed by atoms with Crippen LogP contribution in [0, 0.1) is 0 Å². The highest BCUT2D eigenvalue weighted by Gasteiger charge is 2.25. The number of pyridine rings is 1. The van der Waals surface area contributed by atoms with Gasteiger partial charge in [0.25, 0.3) is 11.8 Å². The molecule has 1 saturated heterocycles. The summed E-state index contributed by atoms with van der Waals surface area (Å²) in [6.07, 6.45) is 4.96. The van der Waals surface area contributed by atoms with E-state index < -0.39 is 0 Å². The topological polar surface area (TPSA) is 71.3 Å². The van der Waals surface area contributed by atoms with Crippen molar-refractivity contribution >= 4 is 22.8 Å². The van der Waals surface area contributed by atoms with Crippen LogP contribution in [0.3, 0.4) is 0 Å². The molecular formula is C19H19N5O2. The Kier molecular flexibility index (Phi) is 4.12. The van der Waals surface area contributed by atoms with Crippen molar-refractivity contribution in [3.05, 3.63) is 60.2 Å². The Labute approximate surface area is 150 Å². The number of carbonyl (C=O) groups is 2. The summed E-state index contributed by atoms with van der Waals surface area (Å²) in [6.45, 7) is 2.10. The van der Waals surface area contributed by atoms with Crippen molar-refractivity contribution in [2.45, 2.75) is 0 Å². The van der Waals surface area contributed by atoms with E-state index in [0.717, 1.165) is 11.0 Å². The van der Waals surface area contributed by atoms with Gasteiger partial charge in [-0.1, -0.05) is 0 Å². The van der Waals surface area contributed by atoms with E-state index in [0.29, 0.717) is 37.3 Å². The highest BCUT2D eigenvalue weighted by molar-refractivity contribution is 5.98. The van der Waals surface area contributed by atoms with Crippen molar-refractivity contribution in [1.29, 1.82) is 0 Å². The average molecular weight is 349 g/mol. The second-order valence-corrected chi connectivity index (χ2v) is 6.38. The normalized spacial score (nSPS) is 14.7. The summed E-state index contributed by atoms with van der Waals surface area (Å²) in [4.78, 5) is 37.1. The monoisotopic (exact) mass is 349 g/mol. The molecule has 1 aliphatic heterocycles. The van der Waals surface area contributed by atoms with Crippen LogP contribution in [0.1, 0.15) is 20.7 Å². The van der Waals surface area contributed by atoms with Crippen LogP contribution in [-0.4, -0.2) is 62.3 Å². The number of piperazine rings is 1. The maximum Gasteiger partial charge on any atom is 0.254 e. The Morgan fingerprint density at radius 3 is 2.15 bits per heavy atom. The van der Waals surface area contributed by atoms with E-state index in [1.165, 1.54) is 0 Å². The third-order valence-corrected chi connectivity index (χ3v) is 4.75. The van der Waals surface area contributed by atoms with Crippen LogP contribution in [0.4, 0.5) is 0 Å². The van der Waals surface area contributed by atoms with E-state index in [1.54, 1.807) is 40.7 Å². The summed E-state index contributed by atoms with van der Waals surface area (Å²) >= 11 is 0. The molecule has 0 N–H and O–H groups in total. The molecule has 0 aliphatic carbocycles. The molecule has 132 valence electrons. The van der Waals surface area contributed by atoms with E-state index in [4.69, 9.17) is 0 Å². The van der Waals surface area contributed by atoms with Gasteiger partial charge in [0.05, 0.1) is 17.4 Å². The quantitative estimate of drug-likeness (QED) is 0.704. The summed E-state index contributed by atoms with van der Waals surface area (Å²) in [5, 5.41) is 0. The second kappa shape index (κ2) is 6.59. The van der Waals surface area contributed by atoms with Gasteiger partial charge in [0.1, 0.15) is 0 Å². The van der Waals surface area contributed by atoms with Crippen LogP contribution in [-0.2, 0) is 7.05 Å². The van der Waals surface area contributed by atoms with Crippen LogP contribution in [0.25, 0.3) is 11.0 Å². The first-order chi connectivity index (χ1) is 12.6. The van der Waals surface area contributed by atoms with Crippen LogP contribution < -0.4 is 0 Å². The highest BCUT2D eigenvalue weighted by Crippen LogP contribution is 2.17. The SMILES string of the molecule is Cn1cnc2cc(C(=O)N3CCN(C(=O)c4ccncc4)CC3)ccc21. The van der Waals surface area contributed by atoms with Crippen molar-refractivity contribution in [1.82, 2.24) is 24.3 Å². The zero-order valence-electron chi connectivity index (χ0n) is 14.5. The molecule has 0 bridgehead atoms. The minimum absolute atomic E-state index is 0.0191. The molecule has 0 spiro atoms. The van der Waals surface area contributed by atoms with E-state index in [9.17, 15) is 9.59 Å². The van der Waals surface area contributed by atoms with Crippen LogP contribution >= 0.6 is 0 Å².